The first kappa shape index (κ1) is 24.1. The SMILES string of the molecule is Cc1c(CC(=O)N2CC[C@@]3(O)CCCC[C@H]3C2)c(=O)oc2cc(OCc3cccc(Br)c3)ccc12. The van der Waals surface area contributed by atoms with Crippen LogP contribution >= 0.6 is 15.9 Å². The highest BCUT2D eigenvalue weighted by atomic mass is 79.9. The lowest BCUT2D eigenvalue weighted by atomic mass is 9.71. The summed E-state index contributed by atoms with van der Waals surface area (Å²) in [6, 6.07) is 13.3. The number of ether oxygens (including phenoxy) is 1. The van der Waals surface area contributed by atoms with E-state index < -0.39 is 11.2 Å². The predicted molar refractivity (Wildman–Crippen MR) is 138 cm³/mol. The van der Waals surface area contributed by atoms with Crippen molar-refractivity contribution in [1.29, 1.82) is 0 Å². The number of amides is 1. The van der Waals surface area contributed by atoms with Crippen LogP contribution in [0.1, 0.15) is 48.8 Å². The number of halogens is 1. The summed E-state index contributed by atoms with van der Waals surface area (Å²) in [5.41, 5.74) is 1.50. The first-order valence-electron chi connectivity index (χ1n) is 12.3. The van der Waals surface area contributed by atoms with Crippen molar-refractivity contribution in [2.75, 3.05) is 13.1 Å². The van der Waals surface area contributed by atoms with E-state index in [1.807, 2.05) is 48.2 Å². The number of nitrogens with zero attached hydrogens (tertiary/aromatic N) is 1. The number of carbonyl (C=O) groups excluding carboxylic acids is 1. The number of hydrogen-bond donors (Lipinski definition) is 1. The topological polar surface area (TPSA) is 80.0 Å². The molecule has 2 fully saturated rings. The first-order valence-corrected chi connectivity index (χ1v) is 13.1. The molecular formula is C28H30BrNO5. The van der Waals surface area contributed by atoms with Gasteiger partial charge in [0.2, 0.25) is 5.91 Å². The highest BCUT2D eigenvalue weighted by Crippen LogP contribution is 2.40. The Hall–Kier alpha value is -2.64. The molecule has 0 spiro atoms. The summed E-state index contributed by atoms with van der Waals surface area (Å²) in [4.78, 5) is 27.8. The van der Waals surface area contributed by atoms with E-state index in [0.717, 1.165) is 46.7 Å². The Labute approximate surface area is 213 Å². The van der Waals surface area contributed by atoms with E-state index in [1.54, 1.807) is 6.07 Å². The zero-order valence-corrected chi connectivity index (χ0v) is 21.5. The van der Waals surface area contributed by atoms with Crippen LogP contribution in [0.5, 0.6) is 5.75 Å². The Bertz CT molecular complexity index is 1320. The van der Waals surface area contributed by atoms with E-state index in [9.17, 15) is 14.7 Å². The fourth-order valence-electron chi connectivity index (χ4n) is 5.52. The van der Waals surface area contributed by atoms with Crippen LogP contribution in [0, 0.1) is 12.8 Å². The van der Waals surface area contributed by atoms with E-state index in [4.69, 9.17) is 9.15 Å². The van der Waals surface area contributed by atoms with Gasteiger partial charge in [0, 0.05) is 34.9 Å². The van der Waals surface area contributed by atoms with Crippen molar-refractivity contribution in [3.05, 3.63) is 74.0 Å². The maximum atomic E-state index is 13.1. The van der Waals surface area contributed by atoms with Gasteiger partial charge in [0.25, 0.3) is 0 Å². The molecule has 7 heteroatoms. The van der Waals surface area contributed by atoms with Gasteiger partial charge < -0.3 is 19.2 Å². The summed E-state index contributed by atoms with van der Waals surface area (Å²) in [5, 5.41) is 11.7. The first-order chi connectivity index (χ1) is 16.8. The number of fused-ring (bicyclic) bond motifs is 2. The van der Waals surface area contributed by atoms with Crippen molar-refractivity contribution in [3.8, 4) is 5.75 Å². The van der Waals surface area contributed by atoms with E-state index >= 15 is 0 Å². The Morgan fingerprint density at radius 2 is 2.09 bits per heavy atom. The maximum Gasteiger partial charge on any atom is 0.340 e. The van der Waals surface area contributed by atoms with E-state index in [-0.39, 0.29) is 18.2 Å². The Kier molecular flexibility index (Phi) is 6.73. The van der Waals surface area contributed by atoms with Crippen molar-refractivity contribution in [3.63, 3.8) is 0 Å². The molecule has 0 bridgehead atoms. The minimum Gasteiger partial charge on any atom is -0.489 e. The average Bonchev–Trinajstić information content (AvgIpc) is 2.84. The summed E-state index contributed by atoms with van der Waals surface area (Å²) in [7, 11) is 0. The average molecular weight is 540 g/mol. The molecule has 35 heavy (non-hydrogen) atoms. The fourth-order valence-corrected chi connectivity index (χ4v) is 5.97. The minimum atomic E-state index is -0.635. The van der Waals surface area contributed by atoms with Crippen LogP contribution in [0.15, 0.2) is 56.1 Å². The Morgan fingerprint density at radius 3 is 2.91 bits per heavy atom. The molecule has 2 heterocycles. The summed E-state index contributed by atoms with van der Waals surface area (Å²) in [5.74, 6) is 0.650. The smallest absolute Gasteiger partial charge is 0.340 e. The predicted octanol–water partition coefficient (Wildman–Crippen LogP) is 5.14. The third-order valence-electron chi connectivity index (χ3n) is 7.66. The molecule has 2 atom stereocenters. The number of carbonyl (C=O) groups is 1. The van der Waals surface area contributed by atoms with Crippen LogP contribution in [0.4, 0.5) is 0 Å². The zero-order valence-electron chi connectivity index (χ0n) is 19.9. The summed E-state index contributed by atoms with van der Waals surface area (Å²) in [6.45, 7) is 3.35. The number of aliphatic hydroxyl groups is 1. The molecule has 1 aliphatic carbocycles. The molecule has 1 N–H and O–H groups in total. The van der Waals surface area contributed by atoms with Crippen molar-refractivity contribution < 1.29 is 19.1 Å². The number of hydrogen-bond acceptors (Lipinski definition) is 5. The maximum absolute atomic E-state index is 13.1. The van der Waals surface area contributed by atoms with Crippen LogP contribution in [-0.4, -0.2) is 34.6 Å². The van der Waals surface area contributed by atoms with Gasteiger partial charge in [0.1, 0.15) is 17.9 Å². The third-order valence-corrected chi connectivity index (χ3v) is 8.15. The largest absolute Gasteiger partial charge is 0.489 e. The number of likely N-dealkylation sites (tertiary alicyclic amines) is 1. The van der Waals surface area contributed by atoms with Gasteiger partial charge in [0.05, 0.1) is 17.6 Å². The molecule has 2 aliphatic rings. The van der Waals surface area contributed by atoms with Crippen molar-refractivity contribution >= 4 is 32.8 Å². The third kappa shape index (κ3) is 5.02. The number of rotatable bonds is 5. The van der Waals surface area contributed by atoms with Gasteiger partial charge in [-0.2, -0.15) is 0 Å². The molecule has 1 saturated carbocycles. The van der Waals surface area contributed by atoms with Crippen LogP contribution in [-0.2, 0) is 17.8 Å². The highest BCUT2D eigenvalue weighted by Gasteiger charge is 2.43. The van der Waals surface area contributed by atoms with Crippen LogP contribution in [0.25, 0.3) is 11.0 Å². The molecule has 1 amide bonds. The molecule has 1 saturated heterocycles. The van der Waals surface area contributed by atoms with Crippen molar-refractivity contribution in [1.82, 2.24) is 4.90 Å². The monoisotopic (exact) mass is 539 g/mol. The number of piperidine rings is 1. The summed E-state index contributed by atoms with van der Waals surface area (Å²) >= 11 is 3.46. The quantitative estimate of drug-likeness (QED) is 0.454. The lowest BCUT2D eigenvalue weighted by Gasteiger charge is -2.47. The van der Waals surface area contributed by atoms with Gasteiger partial charge in [-0.05, 0) is 61.6 Å². The molecule has 184 valence electrons. The van der Waals surface area contributed by atoms with Gasteiger partial charge in [-0.3, -0.25) is 4.79 Å². The molecule has 2 aromatic carbocycles. The van der Waals surface area contributed by atoms with Gasteiger partial charge >= 0.3 is 5.63 Å². The normalized spacial score (nSPS) is 22.1. The second-order valence-electron chi connectivity index (χ2n) is 9.88. The van der Waals surface area contributed by atoms with Gasteiger partial charge in [0.15, 0.2) is 0 Å². The van der Waals surface area contributed by atoms with E-state index in [2.05, 4.69) is 15.9 Å². The van der Waals surface area contributed by atoms with Crippen molar-refractivity contribution in [2.24, 2.45) is 5.92 Å². The van der Waals surface area contributed by atoms with E-state index in [0.29, 0.717) is 43.0 Å². The van der Waals surface area contributed by atoms with E-state index in [1.165, 1.54) is 0 Å². The van der Waals surface area contributed by atoms with Gasteiger partial charge in [-0.25, -0.2) is 4.79 Å². The molecule has 0 radical (unpaired) electrons. The van der Waals surface area contributed by atoms with Gasteiger partial charge in [-0.1, -0.05) is 40.9 Å². The lowest BCUT2D eigenvalue weighted by molar-refractivity contribution is -0.142. The molecule has 0 unspecified atom stereocenters. The molecule has 6 nitrogen and oxygen atoms in total. The molecule has 5 rings (SSSR count). The standard InChI is InChI=1S/C28H30BrNO5/c1-18-23-9-8-22(34-17-19-5-4-7-21(29)13-19)14-25(23)35-27(32)24(18)15-26(31)30-12-11-28(33)10-3-2-6-20(28)16-30/h4-5,7-9,13-14,20,33H,2-3,6,10-12,15-17H2,1H3/t20-,28-/m0/s1. The Morgan fingerprint density at radius 1 is 1.23 bits per heavy atom. The zero-order chi connectivity index (χ0) is 24.6. The van der Waals surface area contributed by atoms with Crippen LogP contribution in [0.3, 0.4) is 0 Å². The minimum absolute atomic E-state index is 0.0103. The number of benzene rings is 2. The van der Waals surface area contributed by atoms with Crippen LogP contribution in [0.2, 0.25) is 0 Å². The highest BCUT2D eigenvalue weighted by molar-refractivity contribution is 9.10. The molecule has 3 aromatic rings. The number of aryl methyl sites for hydroxylation is 1. The van der Waals surface area contributed by atoms with Gasteiger partial charge in [-0.15, -0.1) is 0 Å². The summed E-state index contributed by atoms with van der Waals surface area (Å²) in [6.07, 6.45) is 4.53. The fraction of sp³-hybridized carbons (Fsp3) is 0.429. The molecular weight excluding hydrogens is 510 g/mol. The summed E-state index contributed by atoms with van der Waals surface area (Å²) < 4.78 is 12.5. The molecule has 1 aliphatic heterocycles. The lowest BCUT2D eigenvalue weighted by Crippen LogP contribution is -2.55. The Balaban J connectivity index is 1.31. The van der Waals surface area contributed by atoms with Crippen LogP contribution < -0.4 is 10.4 Å². The molecule has 1 aromatic heterocycles. The second kappa shape index (κ2) is 9.78. The second-order valence-corrected chi connectivity index (χ2v) is 10.8. The van der Waals surface area contributed by atoms with Crippen molar-refractivity contribution in [2.45, 2.75) is 57.7 Å².